The molecule has 8 heteroatoms. The maximum Gasteiger partial charge on any atom is 0.407 e. The molecule has 0 aromatic carbocycles. The van der Waals surface area contributed by atoms with Crippen molar-refractivity contribution in [2.24, 2.45) is 0 Å². The van der Waals surface area contributed by atoms with E-state index in [4.69, 9.17) is 9.84 Å². The highest BCUT2D eigenvalue weighted by Gasteiger charge is 2.25. The third kappa shape index (κ3) is 3.82. The summed E-state index contributed by atoms with van der Waals surface area (Å²) in [7, 11) is 0. The number of nitrogens with one attached hydrogen (secondary N) is 1. The second-order valence-corrected chi connectivity index (χ2v) is 6.42. The van der Waals surface area contributed by atoms with Crippen LogP contribution in [0.2, 0.25) is 0 Å². The standard InChI is InChI=1S/C16H17BrN4O3/c1-10-6-11(13-9-21(16(22)23)4-5-24-13)7-19-15(10)20-14-3-2-12(17)8-18-14/h2-3,6-8,13H,4-5,9H2,1H3,(H,22,23)(H,18,19,20). The first kappa shape index (κ1) is 16.7. The number of amides is 1. The van der Waals surface area contributed by atoms with Gasteiger partial charge in [0.05, 0.1) is 13.2 Å². The molecule has 0 radical (unpaired) electrons. The summed E-state index contributed by atoms with van der Waals surface area (Å²) >= 11 is 3.35. The Kier molecular flexibility index (Phi) is 4.96. The molecule has 126 valence electrons. The molecular formula is C16H17BrN4O3. The Balaban J connectivity index is 1.74. The molecule has 24 heavy (non-hydrogen) atoms. The van der Waals surface area contributed by atoms with Crippen LogP contribution in [0.3, 0.4) is 0 Å². The van der Waals surface area contributed by atoms with Gasteiger partial charge in [0.2, 0.25) is 0 Å². The van der Waals surface area contributed by atoms with Gasteiger partial charge in [0, 0.05) is 29.0 Å². The van der Waals surface area contributed by atoms with Crippen LogP contribution in [0.25, 0.3) is 0 Å². The van der Waals surface area contributed by atoms with Crippen LogP contribution < -0.4 is 5.32 Å². The maximum atomic E-state index is 11.1. The lowest BCUT2D eigenvalue weighted by atomic mass is 10.1. The Hall–Kier alpha value is -2.19. The minimum absolute atomic E-state index is 0.291. The fourth-order valence-corrected chi connectivity index (χ4v) is 2.73. The maximum absolute atomic E-state index is 11.1. The minimum atomic E-state index is -0.924. The molecule has 1 saturated heterocycles. The van der Waals surface area contributed by atoms with Crippen molar-refractivity contribution in [3.8, 4) is 0 Å². The van der Waals surface area contributed by atoms with E-state index in [1.807, 2.05) is 25.1 Å². The van der Waals surface area contributed by atoms with Gasteiger partial charge >= 0.3 is 6.09 Å². The summed E-state index contributed by atoms with van der Waals surface area (Å²) in [5.41, 5.74) is 1.81. The van der Waals surface area contributed by atoms with Gasteiger partial charge in [0.1, 0.15) is 17.7 Å². The number of ether oxygens (including phenoxy) is 1. The average Bonchev–Trinajstić information content (AvgIpc) is 2.58. The van der Waals surface area contributed by atoms with E-state index in [2.05, 4.69) is 31.2 Å². The number of hydrogen-bond acceptors (Lipinski definition) is 5. The molecule has 2 aromatic heterocycles. The van der Waals surface area contributed by atoms with E-state index in [0.717, 1.165) is 15.6 Å². The lowest BCUT2D eigenvalue weighted by Gasteiger charge is -2.31. The van der Waals surface area contributed by atoms with Crippen LogP contribution in [0.5, 0.6) is 0 Å². The summed E-state index contributed by atoms with van der Waals surface area (Å²) in [6.45, 7) is 3.04. The molecule has 1 unspecified atom stereocenters. The van der Waals surface area contributed by atoms with Crippen molar-refractivity contribution in [2.45, 2.75) is 13.0 Å². The van der Waals surface area contributed by atoms with Gasteiger partial charge in [-0.1, -0.05) is 0 Å². The first-order chi connectivity index (χ1) is 11.5. The van der Waals surface area contributed by atoms with Gasteiger partial charge in [-0.3, -0.25) is 0 Å². The summed E-state index contributed by atoms with van der Waals surface area (Å²) in [4.78, 5) is 21.2. The van der Waals surface area contributed by atoms with Gasteiger partial charge in [-0.25, -0.2) is 14.8 Å². The van der Waals surface area contributed by atoms with Crippen LogP contribution in [0.4, 0.5) is 16.4 Å². The van der Waals surface area contributed by atoms with Gasteiger partial charge in [0.15, 0.2) is 0 Å². The van der Waals surface area contributed by atoms with Gasteiger partial charge in [-0.15, -0.1) is 0 Å². The number of carboxylic acid groups (broad SMARTS) is 1. The van der Waals surface area contributed by atoms with Gasteiger partial charge in [-0.05, 0) is 46.6 Å². The SMILES string of the molecule is Cc1cc(C2CN(C(=O)O)CCO2)cnc1Nc1ccc(Br)cn1. The second-order valence-electron chi connectivity index (χ2n) is 5.51. The number of nitrogens with zero attached hydrogens (tertiary/aromatic N) is 3. The van der Waals surface area contributed by atoms with Crippen LogP contribution in [0.1, 0.15) is 17.2 Å². The van der Waals surface area contributed by atoms with Gasteiger partial charge in [-0.2, -0.15) is 0 Å². The van der Waals surface area contributed by atoms with Gasteiger partial charge in [0.25, 0.3) is 0 Å². The first-order valence-electron chi connectivity index (χ1n) is 7.47. The Morgan fingerprint density at radius 2 is 2.25 bits per heavy atom. The van der Waals surface area contributed by atoms with E-state index in [9.17, 15) is 4.79 Å². The molecule has 1 aliphatic rings. The highest BCUT2D eigenvalue weighted by Crippen LogP contribution is 2.25. The predicted molar refractivity (Wildman–Crippen MR) is 92.5 cm³/mol. The molecule has 0 saturated carbocycles. The minimum Gasteiger partial charge on any atom is -0.465 e. The molecule has 0 spiro atoms. The van der Waals surface area contributed by atoms with Crippen molar-refractivity contribution in [2.75, 3.05) is 25.0 Å². The average molecular weight is 393 g/mol. The molecule has 1 aliphatic heterocycles. The highest BCUT2D eigenvalue weighted by molar-refractivity contribution is 9.10. The summed E-state index contributed by atoms with van der Waals surface area (Å²) in [5.74, 6) is 1.41. The van der Waals surface area contributed by atoms with Crippen molar-refractivity contribution in [3.05, 3.63) is 46.2 Å². The zero-order valence-electron chi connectivity index (χ0n) is 13.1. The van der Waals surface area contributed by atoms with Crippen LogP contribution in [-0.4, -0.2) is 45.8 Å². The Labute approximate surface area is 147 Å². The van der Waals surface area contributed by atoms with Crippen LogP contribution in [0.15, 0.2) is 35.1 Å². The molecule has 1 fully saturated rings. The summed E-state index contributed by atoms with van der Waals surface area (Å²) in [6, 6.07) is 5.72. The normalized spacial score (nSPS) is 17.6. The second kappa shape index (κ2) is 7.14. The van der Waals surface area contributed by atoms with E-state index < -0.39 is 6.09 Å². The molecule has 0 aliphatic carbocycles. The van der Waals surface area contributed by atoms with Crippen molar-refractivity contribution in [3.63, 3.8) is 0 Å². The molecule has 1 amide bonds. The van der Waals surface area contributed by atoms with Crippen molar-refractivity contribution in [1.29, 1.82) is 0 Å². The van der Waals surface area contributed by atoms with E-state index in [1.54, 1.807) is 12.4 Å². The van der Waals surface area contributed by atoms with Crippen molar-refractivity contribution >= 4 is 33.7 Å². The Morgan fingerprint density at radius 3 is 2.92 bits per heavy atom. The third-order valence-electron chi connectivity index (χ3n) is 3.78. The fourth-order valence-electron chi connectivity index (χ4n) is 2.50. The number of rotatable bonds is 3. The predicted octanol–water partition coefficient (Wildman–Crippen LogP) is 3.34. The van der Waals surface area contributed by atoms with Crippen molar-refractivity contribution in [1.82, 2.24) is 14.9 Å². The number of hydrogen-bond donors (Lipinski definition) is 2. The topological polar surface area (TPSA) is 87.6 Å². The molecule has 0 bridgehead atoms. The quantitative estimate of drug-likeness (QED) is 0.832. The van der Waals surface area contributed by atoms with E-state index in [1.165, 1.54) is 4.90 Å². The van der Waals surface area contributed by atoms with E-state index in [-0.39, 0.29) is 6.10 Å². The summed E-state index contributed by atoms with van der Waals surface area (Å²) in [5, 5.41) is 12.3. The lowest BCUT2D eigenvalue weighted by Crippen LogP contribution is -2.41. The molecular weight excluding hydrogens is 376 g/mol. The Morgan fingerprint density at radius 1 is 1.42 bits per heavy atom. The highest BCUT2D eigenvalue weighted by atomic mass is 79.9. The zero-order valence-corrected chi connectivity index (χ0v) is 14.7. The molecule has 3 heterocycles. The number of anilines is 2. The van der Waals surface area contributed by atoms with Crippen molar-refractivity contribution < 1.29 is 14.6 Å². The van der Waals surface area contributed by atoms with Crippen LogP contribution in [0, 0.1) is 6.92 Å². The smallest absolute Gasteiger partial charge is 0.407 e. The number of morpholine rings is 1. The number of aromatic nitrogens is 2. The molecule has 7 nitrogen and oxygen atoms in total. The molecule has 3 rings (SSSR count). The van der Waals surface area contributed by atoms with Crippen LogP contribution in [-0.2, 0) is 4.74 Å². The molecule has 1 atom stereocenters. The number of aryl methyl sites for hydroxylation is 1. The Bertz CT molecular complexity index is 739. The number of pyridine rings is 2. The van der Waals surface area contributed by atoms with E-state index in [0.29, 0.717) is 31.3 Å². The third-order valence-corrected chi connectivity index (χ3v) is 4.25. The fraction of sp³-hybridized carbons (Fsp3) is 0.312. The summed E-state index contributed by atoms with van der Waals surface area (Å²) < 4.78 is 6.60. The zero-order chi connectivity index (χ0) is 17.1. The first-order valence-corrected chi connectivity index (χ1v) is 8.27. The largest absolute Gasteiger partial charge is 0.465 e. The van der Waals surface area contributed by atoms with Gasteiger partial charge < -0.3 is 20.1 Å². The monoisotopic (exact) mass is 392 g/mol. The number of carbonyl (C=O) groups is 1. The molecule has 2 aromatic rings. The van der Waals surface area contributed by atoms with Crippen LogP contribution >= 0.6 is 15.9 Å². The van der Waals surface area contributed by atoms with E-state index >= 15 is 0 Å². The molecule has 2 N–H and O–H groups in total. The number of halogens is 1. The lowest BCUT2D eigenvalue weighted by molar-refractivity contribution is -0.0233. The summed E-state index contributed by atoms with van der Waals surface area (Å²) in [6.07, 6.45) is 2.21.